The molecule has 0 amide bonds. The van der Waals surface area contributed by atoms with Crippen molar-refractivity contribution >= 4 is 34.3 Å². The largest absolute Gasteiger partial charge is 0.0837 e. The van der Waals surface area contributed by atoms with Crippen LogP contribution in [0.5, 0.6) is 0 Å². The Labute approximate surface area is 134 Å². The lowest BCUT2D eigenvalue weighted by atomic mass is 9.87. The molecule has 0 unspecified atom stereocenters. The first-order valence-corrected chi connectivity index (χ1v) is 7.93. The summed E-state index contributed by atoms with van der Waals surface area (Å²) in [6.45, 7) is 0. The van der Waals surface area contributed by atoms with Gasteiger partial charge in [0.2, 0.25) is 0 Å². The van der Waals surface area contributed by atoms with E-state index >= 15 is 0 Å². The van der Waals surface area contributed by atoms with Crippen molar-refractivity contribution in [1.29, 1.82) is 0 Å². The fourth-order valence-electron chi connectivity index (χ4n) is 3.58. The highest BCUT2D eigenvalue weighted by Crippen LogP contribution is 2.54. The average molecular weight is 313 g/mol. The van der Waals surface area contributed by atoms with Gasteiger partial charge in [-0.2, -0.15) is 0 Å². The van der Waals surface area contributed by atoms with Crippen molar-refractivity contribution in [2.75, 3.05) is 0 Å². The maximum absolute atomic E-state index is 6.44. The van der Waals surface area contributed by atoms with Gasteiger partial charge in [-0.3, -0.25) is 0 Å². The maximum Gasteiger partial charge on any atom is 0.0481 e. The minimum atomic E-state index is 0.459. The van der Waals surface area contributed by atoms with Crippen LogP contribution in [0.3, 0.4) is 0 Å². The number of rotatable bonds is 2. The molecule has 0 saturated heterocycles. The highest BCUT2D eigenvalue weighted by Gasteiger charge is 2.37. The van der Waals surface area contributed by atoms with Gasteiger partial charge in [0.05, 0.1) is 0 Å². The third kappa shape index (κ3) is 2.06. The van der Waals surface area contributed by atoms with Crippen LogP contribution in [0.15, 0.2) is 60.7 Å². The Hall–Kier alpha value is -1.50. The predicted octanol–water partition coefficient (Wildman–Crippen LogP) is 6.11. The number of halogens is 2. The van der Waals surface area contributed by atoms with E-state index in [-0.39, 0.29) is 0 Å². The summed E-state index contributed by atoms with van der Waals surface area (Å²) >= 11 is 12.9. The maximum atomic E-state index is 6.44. The van der Waals surface area contributed by atoms with Crippen molar-refractivity contribution < 1.29 is 0 Å². The number of fused-ring (bicyclic) bond motifs is 2. The molecule has 0 nitrogen and oxygen atoms in total. The molecule has 2 aliphatic rings. The zero-order chi connectivity index (χ0) is 14.4. The van der Waals surface area contributed by atoms with Gasteiger partial charge in [0.15, 0.2) is 0 Å². The van der Waals surface area contributed by atoms with Gasteiger partial charge in [0, 0.05) is 21.9 Å². The van der Waals surface area contributed by atoms with Crippen LogP contribution >= 0.6 is 23.2 Å². The van der Waals surface area contributed by atoms with Crippen molar-refractivity contribution in [2.45, 2.75) is 6.42 Å². The van der Waals surface area contributed by atoms with E-state index in [0.717, 1.165) is 27.6 Å². The summed E-state index contributed by atoms with van der Waals surface area (Å²) in [7, 11) is 0. The smallest absolute Gasteiger partial charge is 0.0481 e. The monoisotopic (exact) mass is 312 g/mol. The van der Waals surface area contributed by atoms with Crippen LogP contribution in [0.25, 0.3) is 11.1 Å². The molecule has 0 N–H and O–H groups in total. The first-order valence-electron chi connectivity index (χ1n) is 7.18. The Morgan fingerprint density at radius 1 is 0.667 bits per heavy atom. The van der Waals surface area contributed by atoms with E-state index in [9.17, 15) is 0 Å². The lowest BCUT2D eigenvalue weighted by Crippen LogP contribution is -1.99. The Balaban J connectivity index is 1.97. The second-order valence-electron chi connectivity index (χ2n) is 5.62. The molecular weight excluding hydrogens is 299 g/mol. The lowest BCUT2D eigenvalue weighted by Gasteiger charge is -2.19. The SMILES string of the molecule is Clc1ccccc1C1=C(c2ccccc2Cl)[C@H]2C=C[C@@H]1C2. The number of benzene rings is 2. The molecule has 2 atom stereocenters. The average Bonchev–Trinajstić information content (AvgIpc) is 3.09. The van der Waals surface area contributed by atoms with Gasteiger partial charge in [-0.1, -0.05) is 71.8 Å². The molecule has 0 saturated carbocycles. The Bertz CT molecular complexity index is 707. The van der Waals surface area contributed by atoms with E-state index in [1.807, 2.05) is 36.4 Å². The summed E-state index contributed by atoms with van der Waals surface area (Å²) in [5.74, 6) is 0.919. The molecule has 2 aromatic carbocycles. The first-order chi connectivity index (χ1) is 10.3. The molecular formula is C19H14Cl2. The van der Waals surface area contributed by atoms with E-state index < -0.39 is 0 Å². The Morgan fingerprint density at radius 2 is 1.10 bits per heavy atom. The van der Waals surface area contributed by atoms with E-state index in [0.29, 0.717) is 11.8 Å². The molecule has 2 aromatic rings. The quantitative estimate of drug-likeness (QED) is 0.587. The Morgan fingerprint density at radius 3 is 1.52 bits per heavy atom. The van der Waals surface area contributed by atoms with E-state index in [4.69, 9.17) is 23.2 Å². The molecule has 2 bridgehead atoms. The third-order valence-electron chi connectivity index (χ3n) is 4.44. The molecule has 0 radical (unpaired) electrons. The predicted molar refractivity (Wildman–Crippen MR) is 90.5 cm³/mol. The minimum absolute atomic E-state index is 0.459. The summed E-state index contributed by atoms with van der Waals surface area (Å²) in [6.07, 6.45) is 5.76. The third-order valence-corrected chi connectivity index (χ3v) is 5.10. The summed E-state index contributed by atoms with van der Waals surface area (Å²) in [4.78, 5) is 0. The minimum Gasteiger partial charge on any atom is -0.0837 e. The lowest BCUT2D eigenvalue weighted by molar-refractivity contribution is 0.746. The standard InChI is InChI=1S/C19H14Cl2/c20-16-7-3-1-5-14(16)18-12-9-10-13(11-12)19(18)15-6-2-4-8-17(15)21/h1-10,12-13H,11H2/t12-,13+. The molecule has 2 aliphatic carbocycles. The van der Waals surface area contributed by atoms with Gasteiger partial charge in [-0.15, -0.1) is 0 Å². The molecule has 0 aliphatic heterocycles. The van der Waals surface area contributed by atoms with Crippen molar-refractivity contribution in [3.8, 4) is 0 Å². The van der Waals surface area contributed by atoms with Crippen LogP contribution in [-0.4, -0.2) is 0 Å². The van der Waals surface area contributed by atoms with E-state index in [1.165, 1.54) is 11.1 Å². The molecule has 104 valence electrons. The highest BCUT2D eigenvalue weighted by atomic mass is 35.5. The summed E-state index contributed by atoms with van der Waals surface area (Å²) in [5.41, 5.74) is 4.99. The molecule has 0 aromatic heterocycles. The Kier molecular flexibility index (Phi) is 3.17. The normalized spacial score (nSPS) is 23.1. The summed E-state index contributed by atoms with van der Waals surface area (Å²) < 4.78 is 0. The fourth-order valence-corrected chi connectivity index (χ4v) is 4.05. The summed E-state index contributed by atoms with van der Waals surface area (Å²) in [5, 5.41) is 1.64. The van der Waals surface area contributed by atoms with Crippen LogP contribution in [-0.2, 0) is 0 Å². The number of allylic oxidation sites excluding steroid dienone is 4. The van der Waals surface area contributed by atoms with Gasteiger partial charge in [0.25, 0.3) is 0 Å². The van der Waals surface area contributed by atoms with E-state index in [2.05, 4.69) is 24.3 Å². The van der Waals surface area contributed by atoms with Gasteiger partial charge in [0.1, 0.15) is 0 Å². The molecule has 21 heavy (non-hydrogen) atoms. The van der Waals surface area contributed by atoms with Crippen LogP contribution in [0.4, 0.5) is 0 Å². The first kappa shape index (κ1) is 13.2. The molecule has 0 spiro atoms. The fraction of sp³-hybridized carbons (Fsp3) is 0.158. The van der Waals surface area contributed by atoms with Gasteiger partial charge in [-0.25, -0.2) is 0 Å². The van der Waals surface area contributed by atoms with Crippen LogP contribution in [0.2, 0.25) is 10.0 Å². The molecule has 0 fully saturated rings. The van der Waals surface area contributed by atoms with Crippen LogP contribution in [0, 0.1) is 11.8 Å². The molecule has 0 heterocycles. The highest BCUT2D eigenvalue weighted by molar-refractivity contribution is 6.34. The van der Waals surface area contributed by atoms with Gasteiger partial charge < -0.3 is 0 Å². The second kappa shape index (κ2) is 5.05. The zero-order valence-electron chi connectivity index (χ0n) is 11.4. The molecule has 4 rings (SSSR count). The van der Waals surface area contributed by atoms with E-state index in [1.54, 1.807) is 0 Å². The zero-order valence-corrected chi connectivity index (χ0v) is 12.9. The van der Waals surface area contributed by atoms with Crippen molar-refractivity contribution in [2.24, 2.45) is 11.8 Å². The number of hydrogen-bond donors (Lipinski definition) is 0. The summed E-state index contributed by atoms with van der Waals surface area (Å²) in [6, 6.07) is 16.2. The topological polar surface area (TPSA) is 0 Å². The van der Waals surface area contributed by atoms with Gasteiger partial charge in [-0.05, 0) is 40.8 Å². The van der Waals surface area contributed by atoms with Crippen LogP contribution in [0.1, 0.15) is 17.5 Å². The van der Waals surface area contributed by atoms with Crippen molar-refractivity contribution in [3.63, 3.8) is 0 Å². The van der Waals surface area contributed by atoms with Crippen molar-refractivity contribution in [3.05, 3.63) is 81.9 Å². The number of hydrogen-bond acceptors (Lipinski definition) is 0. The van der Waals surface area contributed by atoms with Crippen LogP contribution < -0.4 is 0 Å². The van der Waals surface area contributed by atoms with Crippen molar-refractivity contribution in [1.82, 2.24) is 0 Å². The molecule has 2 heteroatoms. The second-order valence-corrected chi connectivity index (χ2v) is 6.44. The van der Waals surface area contributed by atoms with Gasteiger partial charge >= 0.3 is 0 Å².